The van der Waals surface area contributed by atoms with E-state index in [9.17, 15) is 5.11 Å². The van der Waals surface area contributed by atoms with Gasteiger partial charge in [0, 0.05) is 19.9 Å². The molecular formula is C11H12OS2. The second kappa shape index (κ2) is 3.93. The van der Waals surface area contributed by atoms with Crippen LogP contribution in [-0.2, 0) is 6.61 Å². The summed E-state index contributed by atoms with van der Waals surface area (Å²) in [5.41, 5.74) is 1.29. The number of thioether (sulfide) groups is 1. The third kappa shape index (κ3) is 1.45. The number of fused-ring (bicyclic) bond motifs is 1. The van der Waals surface area contributed by atoms with Gasteiger partial charge in [-0.1, -0.05) is 18.2 Å². The number of aliphatic hydroxyl groups excluding tert-OH is 1. The first-order chi connectivity index (χ1) is 6.77. The van der Waals surface area contributed by atoms with E-state index in [1.807, 2.05) is 0 Å². The van der Waals surface area contributed by atoms with E-state index in [0.717, 1.165) is 4.88 Å². The minimum absolute atomic E-state index is 0.148. The van der Waals surface area contributed by atoms with Gasteiger partial charge in [-0.3, -0.25) is 0 Å². The van der Waals surface area contributed by atoms with Gasteiger partial charge in [-0.25, -0.2) is 0 Å². The highest BCUT2D eigenvalue weighted by Gasteiger charge is 2.11. The Hall–Kier alpha value is -0.510. The fourth-order valence-electron chi connectivity index (χ4n) is 1.61. The summed E-state index contributed by atoms with van der Waals surface area (Å²) < 4.78 is 1.31. The Kier molecular flexibility index (Phi) is 2.81. The molecule has 3 heteroatoms. The monoisotopic (exact) mass is 224 g/mol. The van der Waals surface area contributed by atoms with Gasteiger partial charge >= 0.3 is 0 Å². The molecule has 0 radical (unpaired) electrons. The Morgan fingerprint density at radius 2 is 2.21 bits per heavy atom. The summed E-state index contributed by atoms with van der Waals surface area (Å²) in [5.74, 6) is 0. The Balaban J connectivity index is 2.79. The van der Waals surface area contributed by atoms with Gasteiger partial charge in [0.15, 0.2) is 0 Å². The lowest BCUT2D eigenvalue weighted by Gasteiger charge is -1.97. The van der Waals surface area contributed by atoms with Crippen LogP contribution in [0.2, 0.25) is 0 Å². The third-order valence-electron chi connectivity index (χ3n) is 2.28. The minimum atomic E-state index is 0.148. The fraction of sp³-hybridized carbons (Fsp3) is 0.273. The summed E-state index contributed by atoms with van der Waals surface area (Å²) >= 11 is 3.42. The molecule has 0 spiro atoms. The summed E-state index contributed by atoms with van der Waals surface area (Å²) in [6.45, 7) is 2.26. The number of thiophene rings is 1. The van der Waals surface area contributed by atoms with Gasteiger partial charge in [0.2, 0.25) is 0 Å². The molecule has 0 bridgehead atoms. The molecule has 0 aliphatic rings. The van der Waals surface area contributed by atoms with E-state index in [-0.39, 0.29) is 6.61 Å². The highest BCUT2D eigenvalue weighted by molar-refractivity contribution is 7.99. The van der Waals surface area contributed by atoms with Gasteiger partial charge in [0.25, 0.3) is 0 Å². The van der Waals surface area contributed by atoms with Crippen molar-refractivity contribution >= 4 is 33.2 Å². The second-order valence-electron chi connectivity index (χ2n) is 3.17. The summed E-state index contributed by atoms with van der Waals surface area (Å²) in [4.78, 5) is 2.32. The van der Waals surface area contributed by atoms with Crippen molar-refractivity contribution in [1.82, 2.24) is 0 Å². The summed E-state index contributed by atoms with van der Waals surface area (Å²) in [5, 5.41) is 10.5. The average Bonchev–Trinajstić information content (AvgIpc) is 2.57. The van der Waals surface area contributed by atoms with Crippen molar-refractivity contribution in [2.75, 3.05) is 6.26 Å². The Morgan fingerprint density at radius 3 is 2.86 bits per heavy atom. The van der Waals surface area contributed by atoms with Crippen LogP contribution in [0.25, 0.3) is 10.1 Å². The maximum Gasteiger partial charge on any atom is 0.0786 e. The van der Waals surface area contributed by atoms with Crippen LogP contribution < -0.4 is 0 Å². The van der Waals surface area contributed by atoms with Crippen molar-refractivity contribution in [3.63, 3.8) is 0 Å². The first kappa shape index (κ1) is 10.0. The number of hydrogen-bond donors (Lipinski definition) is 1. The molecule has 0 saturated carbocycles. The summed E-state index contributed by atoms with van der Waals surface area (Å²) in [6.07, 6.45) is 2.06. The van der Waals surface area contributed by atoms with E-state index in [4.69, 9.17) is 0 Å². The van der Waals surface area contributed by atoms with Crippen LogP contribution in [0, 0.1) is 6.92 Å². The van der Waals surface area contributed by atoms with Crippen molar-refractivity contribution in [1.29, 1.82) is 0 Å². The number of aliphatic hydroxyl groups is 1. The molecule has 74 valence electrons. The van der Waals surface area contributed by atoms with Gasteiger partial charge in [-0.05, 0) is 18.7 Å². The summed E-state index contributed by atoms with van der Waals surface area (Å²) in [7, 11) is 0. The van der Waals surface area contributed by atoms with E-state index < -0.39 is 0 Å². The zero-order valence-electron chi connectivity index (χ0n) is 8.20. The summed E-state index contributed by atoms with van der Waals surface area (Å²) in [6, 6.07) is 6.32. The lowest BCUT2D eigenvalue weighted by atomic mass is 10.2. The Morgan fingerprint density at radius 1 is 1.43 bits per heavy atom. The van der Waals surface area contributed by atoms with E-state index in [0.29, 0.717) is 0 Å². The molecule has 0 aliphatic carbocycles. The van der Waals surface area contributed by atoms with E-state index in [2.05, 4.69) is 31.4 Å². The molecule has 0 saturated heterocycles. The standard InChI is InChI=1S/C11H12OS2/c1-7-4-3-5-8-10(7)14-9(6-12)11(8)13-2/h3-5,12H,6H2,1-2H3. The SMILES string of the molecule is CSc1c(CO)sc2c(C)cccc12. The predicted octanol–water partition coefficient (Wildman–Crippen LogP) is 3.42. The molecule has 1 heterocycles. The molecule has 2 rings (SSSR count). The Bertz CT molecular complexity index is 460. The third-order valence-corrected chi connectivity index (χ3v) is 4.61. The number of benzene rings is 1. The lowest BCUT2D eigenvalue weighted by Crippen LogP contribution is -1.78. The van der Waals surface area contributed by atoms with Crippen molar-refractivity contribution in [3.8, 4) is 0 Å². The molecule has 0 aliphatic heterocycles. The first-order valence-electron chi connectivity index (χ1n) is 4.43. The molecule has 0 unspecified atom stereocenters. The molecular weight excluding hydrogens is 212 g/mol. The molecule has 1 aromatic carbocycles. The van der Waals surface area contributed by atoms with Crippen LogP contribution in [0.15, 0.2) is 23.1 Å². The van der Waals surface area contributed by atoms with Crippen molar-refractivity contribution in [3.05, 3.63) is 28.6 Å². The lowest BCUT2D eigenvalue weighted by molar-refractivity contribution is 0.283. The van der Waals surface area contributed by atoms with E-state index >= 15 is 0 Å². The van der Waals surface area contributed by atoms with Crippen LogP contribution in [0.4, 0.5) is 0 Å². The smallest absolute Gasteiger partial charge is 0.0786 e. The normalized spacial score (nSPS) is 11.1. The highest BCUT2D eigenvalue weighted by atomic mass is 32.2. The molecule has 1 N–H and O–H groups in total. The second-order valence-corrected chi connectivity index (χ2v) is 5.09. The predicted molar refractivity (Wildman–Crippen MR) is 64.3 cm³/mol. The molecule has 1 nitrogen and oxygen atoms in total. The number of hydrogen-bond acceptors (Lipinski definition) is 3. The largest absolute Gasteiger partial charge is 0.391 e. The maximum absolute atomic E-state index is 9.24. The maximum atomic E-state index is 9.24. The van der Waals surface area contributed by atoms with Gasteiger partial charge in [-0.15, -0.1) is 23.1 Å². The van der Waals surface area contributed by atoms with Crippen LogP contribution >= 0.6 is 23.1 Å². The zero-order chi connectivity index (χ0) is 10.1. The topological polar surface area (TPSA) is 20.2 Å². The van der Waals surface area contributed by atoms with E-state index in [1.165, 1.54) is 20.5 Å². The van der Waals surface area contributed by atoms with Crippen LogP contribution in [0.3, 0.4) is 0 Å². The highest BCUT2D eigenvalue weighted by Crippen LogP contribution is 2.38. The average molecular weight is 224 g/mol. The minimum Gasteiger partial charge on any atom is -0.391 e. The van der Waals surface area contributed by atoms with Gasteiger partial charge in [-0.2, -0.15) is 0 Å². The number of aryl methyl sites for hydroxylation is 1. The Labute approximate surface area is 91.8 Å². The van der Waals surface area contributed by atoms with Crippen molar-refractivity contribution in [2.45, 2.75) is 18.4 Å². The molecule has 0 fully saturated rings. The molecule has 0 amide bonds. The van der Waals surface area contributed by atoms with E-state index in [1.54, 1.807) is 23.1 Å². The van der Waals surface area contributed by atoms with Crippen LogP contribution in [0.1, 0.15) is 10.4 Å². The zero-order valence-corrected chi connectivity index (χ0v) is 9.84. The van der Waals surface area contributed by atoms with Crippen LogP contribution in [0.5, 0.6) is 0 Å². The molecule has 2 aromatic rings. The molecule has 1 aromatic heterocycles. The van der Waals surface area contributed by atoms with Crippen LogP contribution in [-0.4, -0.2) is 11.4 Å². The molecule has 14 heavy (non-hydrogen) atoms. The molecule has 0 atom stereocenters. The van der Waals surface area contributed by atoms with Gasteiger partial charge in [0.1, 0.15) is 0 Å². The fourth-order valence-corrected chi connectivity index (χ4v) is 3.76. The quantitative estimate of drug-likeness (QED) is 0.789. The number of rotatable bonds is 2. The van der Waals surface area contributed by atoms with Crippen molar-refractivity contribution in [2.24, 2.45) is 0 Å². The van der Waals surface area contributed by atoms with Crippen molar-refractivity contribution < 1.29 is 5.11 Å². The first-order valence-corrected chi connectivity index (χ1v) is 6.48. The van der Waals surface area contributed by atoms with Gasteiger partial charge < -0.3 is 5.11 Å². The van der Waals surface area contributed by atoms with Gasteiger partial charge in [0.05, 0.1) is 6.61 Å².